The summed E-state index contributed by atoms with van der Waals surface area (Å²) in [6.07, 6.45) is 14.4. The normalized spacial score (nSPS) is 20.3. The Morgan fingerprint density at radius 3 is 1.73 bits per heavy atom. The molecule has 0 fully saturated rings. The first-order valence-electron chi connectivity index (χ1n) is 22.7. The van der Waals surface area contributed by atoms with Gasteiger partial charge in [0, 0.05) is 22.3 Å². The van der Waals surface area contributed by atoms with E-state index < -0.39 is 5.41 Å². The van der Waals surface area contributed by atoms with Crippen LogP contribution in [0.5, 0.6) is 0 Å². The fourth-order valence-electron chi connectivity index (χ4n) is 13.7. The van der Waals surface area contributed by atoms with Crippen LogP contribution in [0.1, 0.15) is 47.6 Å². The smallest absolute Gasteiger partial charge is 0.143 e. The summed E-state index contributed by atoms with van der Waals surface area (Å²) in [5.41, 5.74) is 19.3. The van der Waals surface area contributed by atoms with Gasteiger partial charge in [-0.3, -0.25) is 0 Å². The van der Waals surface area contributed by atoms with Gasteiger partial charge in [-0.25, -0.2) is 4.98 Å². The van der Waals surface area contributed by atoms with Crippen molar-refractivity contribution < 1.29 is 0 Å². The second kappa shape index (κ2) is 13.2. The third kappa shape index (κ3) is 4.44. The molecule has 8 aromatic carbocycles. The van der Waals surface area contributed by atoms with Gasteiger partial charge >= 0.3 is 0 Å². The molecule has 0 radical (unpaired) electrons. The summed E-state index contributed by atoms with van der Waals surface area (Å²) in [5, 5.41) is 5.09. The second-order valence-electron chi connectivity index (χ2n) is 18.7. The number of fused-ring (bicyclic) bond motifs is 18. The highest BCUT2D eigenvalue weighted by Crippen LogP contribution is 2.72. The van der Waals surface area contributed by atoms with E-state index in [9.17, 15) is 0 Å². The zero-order chi connectivity index (χ0) is 42.4. The van der Waals surface area contributed by atoms with Crippen LogP contribution < -0.4 is 0 Å². The molecule has 0 aliphatic heterocycles. The number of para-hydroxylation sites is 2. The van der Waals surface area contributed by atoms with E-state index in [1.54, 1.807) is 5.57 Å². The van der Waals surface area contributed by atoms with Crippen molar-refractivity contribution in [1.82, 2.24) is 9.55 Å². The second-order valence-corrected chi connectivity index (χ2v) is 19.4. The van der Waals surface area contributed by atoms with E-state index in [0.717, 1.165) is 28.7 Å². The Hall–Kier alpha value is -6.56. The van der Waals surface area contributed by atoms with Crippen molar-refractivity contribution in [1.29, 1.82) is 0 Å². The number of imidazole rings is 1. The zero-order valence-corrected chi connectivity index (χ0v) is 37.7. The number of hydrogen-bond donors (Lipinski definition) is 0. The van der Waals surface area contributed by atoms with Crippen LogP contribution in [0.25, 0.3) is 66.2 Å². The Kier molecular flexibility index (Phi) is 7.63. The van der Waals surface area contributed by atoms with Crippen LogP contribution in [0.3, 0.4) is 0 Å². The topological polar surface area (TPSA) is 17.8 Å². The number of allylic oxidation sites excluding steroid dienone is 8. The van der Waals surface area contributed by atoms with Crippen LogP contribution >= 0.6 is 22.6 Å². The SMILES string of the molecule is CC1(c2c3ccccc3c(-c3nc4ccccc4n3CI)c3ccccc23)C=CC2=C(C1)C1(c3ccccc3-c3ccccc31)C1CC=CC=C1C21c2ccccc2-c2ccccc21. The molecule has 2 atom stereocenters. The lowest BCUT2D eigenvalue weighted by Crippen LogP contribution is -2.52. The van der Waals surface area contributed by atoms with E-state index in [1.165, 1.54) is 93.8 Å². The summed E-state index contributed by atoms with van der Waals surface area (Å²) < 4.78 is 3.20. The first-order valence-corrected chi connectivity index (χ1v) is 24.3. The minimum atomic E-state index is -0.431. The van der Waals surface area contributed by atoms with Crippen molar-refractivity contribution in [3.05, 3.63) is 245 Å². The molecule has 5 aliphatic rings. The summed E-state index contributed by atoms with van der Waals surface area (Å²) in [6.45, 7) is 2.54. The van der Waals surface area contributed by atoms with E-state index >= 15 is 0 Å². The van der Waals surface area contributed by atoms with Crippen LogP contribution in [0.15, 0.2) is 217 Å². The maximum absolute atomic E-state index is 5.40. The van der Waals surface area contributed by atoms with Crippen molar-refractivity contribution in [3.8, 4) is 33.6 Å². The molecular weight excluding hydrogens is 888 g/mol. The molecule has 64 heavy (non-hydrogen) atoms. The summed E-state index contributed by atoms with van der Waals surface area (Å²) >= 11 is 2.50. The molecule has 0 saturated carbocycles. The number of rotatable bonds is 3. The van der Waals surface area contributed by atoms with Gasteiger partial charge in [-0.2, -0.15) is 0 Å². The Morgan fingerprint density at radius 2 is 1.12 bits per heavy atom. The number of benzene rings is 8. The predicted molar refractivity (Wildman–Crippen MR) is 273 cm³/mol. The molecule has 0 bridgehead atoms. The minimum Gasteiger partial charge on any atom is -0.314 e. The zero-order valence-electron chi connectivity index (χ0n) is 35.5. The highest BCUT2D eigenvalue weighted by atomic mass is 127. The monoisotopic (exact) mass is 930 g/mol. The van der Waals surface area contributed by atoms with Crippen LogP contribution in [0.4, 0.5) is 0 Å². The predicted octanol–water partition coefficient (Wildman–Crippen LogP) is 15.4. The Morgan fingerprint density at radius 1 is 0.609 bits per heavy atom. The molecule has 2 nitrogen and oxygen atoms in total. The van der Waals surface area contributed by atoms with Crippen LogP contribution in [-0.2, 0) is 20.8 Å². The molecule has 0 N–H and O–H groups in total. The van der Waals surface area contributed by atoms with E-state index in [4.69, 9.17) is 4.98 Å². The summed E-state index contributed by atoms with van der Waals surface area (Å²) in [7, 11) is 0. The largest absolute Gasteiger partial charge is 0.314 e. The quantitative estimate of drug-likeness (QED) is 0.0981. The molecule has 1 aromatic heterocycles. The third-order valence-electron chi connectivity index (χ3n) is 15.9. The van der Waals surface area contributed by atoms with Crippen molar-refractivity contribution >= 4 is 55.2 Å². The van der Waals surface area contributed by atoms with Crippen LogP contribution in [0.2, 0.25) is 0 Å². The standard InChI is InChI=1S/C61H43IN2/c1-59(57-44-24-4-2-22-42(44)56(43-23-3-5-25-45(43)57)58-63-54-32-16-17-33-55(54)64(58)37-62)35-34-52-53(36-59)61(48-28-12-8-20-40(48)41-21-9-13-29-49(41)61)51-31-15-14-30-50(51)60(52)46-26-10-6-18-38(46)39-19-7-11-27-47(39)60/h2-30,32-35,51H,31,36-37H2,1H3. The minimum absolute atomic E-state index is 0.202. The molecule has 0 saturated heterocycles. The highest BCUT2D eigenvalue weighted by Gasteiger charge is 2.64. The lowest BCUT2D eigenvalue weighted by molar-refractivity contribution is 0.339. The van der Waals surface area contributed by atoms with Gasteiger partial charge < -0.3 is 4.57 Å². The molecule has 3 heteroatoms. The first-order chi connectivity index (χ1) is 31.6. The van der Waals surface area contributed by atoms with Gasteiger partial charge in [0.1, 0.15) is 5.82 Å². The van der Waals surface area contributed by atoms with Gasteiger partial charge in [-0.05, 0) is 113 Å². The molecule has 304 valence electrons. The van der Waals surface area contributed by atoms with Gasteiger partial charge in [-0.1, -0.05) is 218 Å². The number of halogens is 1. The van der Waals surface area contributed by atoms with Crippen molar-refractivity contribution in [3.63, 3.8) is 0 Å². The average Bonchev–Trinajstić information content (AvgIpc) is 3.97. The maximum Gasteiger partial charge on any atom is 0.143 e. The van der Waals surface area contributed by atoms with Gasteiger partial charge in [0.25, 0.3) is 0 Å². The molecular formula is C61H43IN2. The fraction of sp³-hybridized carbons (Fsp3) is 0.131. The van der Waals surface area contributed by atoms with Gasteiger partial charge in [0.2, 0.25) is 0 Å². The van der Waals surface area contributed by atoms with Crippen molar-refractivity contribution in [2.24, 2.45) is 5.92 Å². The summed E-state index contributed by atoms with van der Waals surface area (Å²) in [5.74, 6) is 1.23. The summed E-state index contributed by atoms with van der Waals surface area (Å²) in [4.78, 5) is 5.40. The van der Waals surface area contributed by atoms with Gasteiger partial charge in [-0.15, -0.1) is 0 Å². The van der Waals surface area contributed by atoms with E-state index in [-0.39, 0.29) is 16.7 Å². The lowest BCUT2D eigenvalue weighted by atomic mass is 9.44. The lowest BCUT2D eigenvalue weighted by Gasteiger charge is -2.57. The molecule has 9 aromatic rings. The molecule has 1 heterocycles. The summed E-state index contributed by atoms with van der Waals surface area (Å²) in [6, 6.07) is 64.3. The molecule has 0 amide bonds. The first kappa shape index (κ1) is 36.9. The third-order valence-corrected chi connectivity index (χ3v) is 16.6. The molecule has 2 spiro atoms. The van der Waals surface area contributed by atoms with Crippen molar-refractivity contribution in [2.45, 2.75) is 40.6 Å². The van der Waals surface area contributed by atoms with E-state index in [1.807, 2.05) is 0 Å². The van der Waals surface area contributed by atoms with Gasteiger partial charge in [0.05, 0.1) is 21.0 Å². The Bertz CT molecular complexity index is 3500. The maximum atomic E-state index is 5.40. The number of nitrogens with zero attached hydrogens (tertiary/aromatic N) is 2. The molecule has 2 unspecified atom stereocenters. The average molecular weight is 931 g/mol. The van der Waals surface area contributed by atoms with E-state index in [0.29, 0.717) is 0 Å². The van der Waals surface area contributed by atoms with Crippen LogP contribution in [0, 0.1) is 5.92 Å². The van der Waals surface area contributed by atoms with Gasteiger partial charge in [0.15, 0.2) is 0 Å². The molecule has 5 aliphatic carbocycles. The van der Waals surface area contributed by atoms with Crippen molar-refractivity contribution in [2.75, 3.05) is 0 Å². The molecule has 14 rings (SSSR count). The number of alkyl halides is 1. The highest BCUT2D eigenvalue weighted by molar-refractivity contribution is 14.1. The Balaban J connectivity index is 1.11. The van der Waals surface area contributed by atoms with Crippen LogP contribution in [-0.4, -0.2) is 9.55 Å². The van der Waals surface area contributed by atoms with E-state index in [2.05, 4.69) is 234 Å². The fourth-order valence-corrected chi connectivity index (χ4v) is 14.4. The Labute approximate surface area is 387 Å². The number of aromatic nitrogens is 2. The number of hydrogen-bond acceptors (Lipinski definition) is 1.